The largest absolute Gasteiger partial charge is 0.344 e. The first-order chi connectivity index (χ1) is 10.6. The van der Waals surface area contributed by atoms with Gasteiger partial charge in [-0.05, 0) is 48.7 Å². The van der Waals surface area contributed by atoms with E-state index in [1.54, 1.807) is 18.2 Å². The zero-order valence-corrected chi connectivity index (χ0v) is 13.1. The second kappa shape index (κ2) is 5.77. The molecule has 0 spiro atoms. The molecular weight excluding hydrogens is 300 g/mol. The van der Waals surface area contributed by atoms with Crippen LogP contribution >= 0.6 is 11.6 Å². The smallest absolute Gasteiger partial charge is 0.332 e. The van der Waals surface area contributed by atoms with E-state index in [2.05, 4.69) is 15.6 Å². The molecule has 6 heteroatoms. The third-order valence-electron chi connectivity index (χ3n) is 3.66. The molecular formula is C16H15ClN4O. The molecule has 2 aromatic carbocycles. The highest BCUT2D eigenvalue weighted by molar-refractivity contribution is 6.31. The van der Waals surface area contributed by atoms with E-state index in [0.29, 0.717) is 22.6 Å². The minimum atomic E-state index is -0.326. The van der Waals surface area contributed by atoms with Gasteiger partial charge in [0, 0.05) is 11.6 Å². The van der Waals surface area contributed by atoms with Crippen molar-refractivity contribution in [3.63, 3.8) is 0 Å². The standard InChI is InChI=1S/C16H15ClN4O/c1-10-4-3-5-11(2)13(10)9-18-16(22)21-15-8-12(17)6-7-14(15)19-20-21/h3-8H,9H2,1-2H3,(H,18,22). The molecule has 1 aromatic heterocycles. The summed E-state index contributed by atoms with van der Waals surface area (Å²) >= 11 is 5.97. The third-order valence-corrected chi connectivity index (χ3v) is 3.90. The van der Waals surface area contributed by atoms with E-state index < -0.39 is 0 Å². The summed E-state index contributed by atoms with van der Waals surface area (Å²) in [6.45, 7) is 4.50. The molecule has 0 saturated heterocycles. The Hall–Kier alpha value is -2.40. The lowest BCUT2D eigenvalue weighted by atomic mass is 10.0. The van der Waals surface area contributed by atoms with Gasteiger partial charge in [-0.1, -0.05) is 35.0 Å². The third kappa shape index (κ3) is 2.67. The molecule has 0 unspecified atom stereocenters. The van der Waals surface area contributed by atoms with Crippen LogP contribution in [0.5, 0.6) is 0 Å². The van der Waals surface area contributed by atoms with Gasteiger partial charge in [0.15, 0.2) is 0 Å². The maximum absolute atomic E-state index is 12.3. The van der Waals surface area contributed by atoms with E-state index in [4.69, 9.17) is 11.6 Å². The fraction of sp³-hybridized carbons (Fsp3) is 0.188. The topological polar surface area (TPSA) is 59.8 Å². The first-order valence-corrected chi connectivity index (χ1v) is 7.28. The van der Waals surface area contributed by atoms with Gasteiger partial charge in [0.2, 0.25) is 0 Å². The van der Waals surface area contributed by atoms with E-state index in [1.807, 2.05) is 32.0 Å². The van der Waals surface area contributed by atoms with Crippen LogP contribution in [0.25, 0.3) is 11.0 Å². The number of hydrogen-bond donors (Lipinski definition) is 1. The van der Waals surface area contributed by atoms with Crippen LogP contribution in [-0.2, 0) is 6.54 Å². The molecule has 0 bridgehead atoms. The van der Waals surface area contributed by atoms with Crippen molar-refractivity contribution in [3.05, 3.63) is 58.1 Å². The molecule has 5 nitrogen and oxygen atoms in total. The Bertz CT molecular complexity index is 836. The highest BCUT2D eigenvalue weighted by Gasteiger charge is 2.12. The maximum atomic E-state index is 12.3. The van der Waals surface area contributed by atoms with Crippen LogP contribution in [0.1, 0.15) is 16.7 Å². The molecule has 22 heavy (non-hydrogen) atoms. The van der Waals surface area contributed by atoms with E-state index in [1.165, 1.54) is 4.68 Å². The molecule has 0 saturated carbocycles. The second-order valence-electron chi connectivity index (χ2n) is 5.16. The Labute approximate surface area is 132 Å². The minimum Gasteiger partial charge on any atom is -0.332 e. The summed E-state index contributed by atoms with van der Waals surface area (Å²) in [6.07, 6.45) is 0. The van der Waals surface area contributed by atoms with Crippen LogP contribution in [0.2, 0.25) is 5.02 Å². The molecule has 1 heterocycles. The highest BCUT2D eigenvalue weighted by Crippen LogP contribution is 2.17. The van der Waals surface area contributed by atoms with Crippen molar-refractivity contribution in [1.29, 1.82) is 0 Å². The van der Waals surface area contributed by atoms with E-state index in [-0.39, 0.29) is 6.03 Å². The first-order valence-electron chi connectivity index (χ1n) is 6.90. The molecule has 112 valence electrons. The van der Waals surface area contributed by atoms with Crippen molar-refractivity contribution in [2.24, 2.45) is 0 Å². The number of benzene rings is 2. The number of nitrogens with zero attached hydrogens (tertiary/aromatic N) is 3. The Morgan fingerprint density at radius 3 is 2.68 bits per heavy atom. The molecule has 3 aromatic rings. The molecule has 3 rings (SSSR count). The Kier molecular flexibility index (Phi) is 3.81. The first kappa shape index (κ1) is 14.5. The summed E-state index contributed by atoms with van der Waals surface area (Å²) in [6, 6.07) is 10.9. The number of hydrogen-bond acceptors (Lipinski definition) is 3. The van der Waals surface area contributed by atoms with Crippen molar-refractivity contribution in [2.45, 2.75) is 20.4 Å². The van der Waals surface area contributed by atoms with Crippen molar-refractivity contribution < 1.29 is 4.79 Å². The number of aromatic nitrogens is 3. The summed E-state index contributed by atoms with van der Waals surface area (Å²) in [7, 11) is 0. The molecule has 0 aliphatic rings. The second-order valence-corrected chi connectivity index (χ2v) is 5.60. The van der Waals surface area contributed by atoms with Gasteiger partial charge in [-0.25, -0.2) is 4.79 Å². The van der Waals surface area contributed by atoms with E-state index in [9.17, 15) is 4.79 Å². The predicted octanol–water partition coefficient (Wildman–Crippen LogP) is 3.46. The predicted molar refractivity (Wildman–Crippen MR) is 86.1 cm³/mol. The highest BCUT2D eigenvalue weighted by atomic mass is 35.5. The molecule has 0 aliphatic carbocycles. The Morgan fingerprint density at radius 2 is 1.95 bits per heavy atom. The molecule has 1 amide bonds. The lowest BCUT2D eigenvalue weighted by Gasteiger charge is -2.10. The Morgan fingerprint density at radius 1 is 1.23 bits per heavy atom. The summed E-state index contributed by atoms with van der Waals surface area (Å²) < 4.78 is 1.23. The van der Waals surface area contributed by atoms with E-state index >= 15 is 0 Å². The van der Waals surface area contributed by atoms with Gasteiger partial charge in [-0.15, -0.1) is 5.10 Å². The number of fused-ring (bicyclic) bond motifs is 1. The molecule has 0 radical (unpaired) electrons. The van der Waals surface area contributed by atoms with Gasteiger partial charge >= 0.3 is 6.03 Å². The SMILES string of the molecule is Cc1cccc(C)c1CNC(=O)n1nnc2ccc(Cl)cc21. The molecule has 0 atom stereocenters. The molecule has 0 aliphatic heterocycles. The summed E-state index contributed by atoms with van der Waals surface area (Å²) in [5.41, 5.74) is 4.62. The van der Waals surface area contributed by atoms with Crippen molar-refractivity contribution in [1.82, 2.24) is 20.3 Å². The van der Waals surface area contributed by atoms with Crippen LogP contribution in [0, 0.1) is 13.8 Å². The van der Waals surface area contributed by atoms with Crippen LogP contribution in [-0.4, -0.2) is 21.0 Å². The summed E-state index contributed by atoms with van der Waals surface area (Å²) in [5.74, 6) is 0. The van der Waals surface area contributed by atoms with Gasteiger partial charge in [0.1, 0.15) is 11.0 Å². The number of aryl methyl sites for hydroxylation is 2. The van der Waals surface area contributed by atoms with Crippen LogP contribution in [0.4, 0.5) is 4.79 Å². The summed E-state index contributed by atoms with van der Waals surface area (Å²) in [4.78, 5) is 12.3. The maximum Gasteiger partial charge on any atom is 0.344 e. The van der Waals surface area contributed by atoms with Crippen molar-refractivity contribution in [2.75, 3.05) is 0 Å². The van der Waals surface area contributed by atoms with Gasteiger partial charge in [-0.2, -0.15) is 4.68 Å². The van der Waals surface area contributed by atoms with Gasteiger partial charge in [0.05, 0.1) is 0 Å². The van der Waals surface area contributed by atoms with Crippen LogP contribution in [0.3, 0.4) is 0 Å². The van der Waals surface area contributed by atoms with Crippen LogP contribution in [0.15, 0.2) is 36.4 Å². The Balaban J connectivity index is 1.83. The van der Waals surface area contributed by atoms with Gasteiger partial charge < -0.3 is 5.32 Å². The quantitative estimate of drug-likeness (QED) is 0.788. The van der Waals surface area contributed by atoms with Crippen molar-refractivity contribution >= 4 is 28.7 Å². The average Bonchev–Trinajstić information content (AvgIpc) is 2.89. The molecule has 1 N–H and O–H groups in total. The zero-order valence-electron chi connectivity index (χ0n) is 12.3. The normalized spacial score (nSPS) is 10.9. The molecule has 0 fully saturated rings. The number of rotatable bonds is 2. The number of nitrogens with one attached hydrogen (secondary N) is 1. The lowest BCUT2D eigenvalue weighted by molar-refractivity contribution is 0.239. The average molecular weight is 315 g/mol. The van der Waals surface area contributed by atoms with E-state index in [0.717, 1.165) is 16.7 Å². The number of halogens is 1. The lowest BCUT2D eigenvalue weighted by Crippen LogP contribution is -2.29. The van der Waals surface area contributed by atoms with Crippen molar-refractivity contribution in [3.8, 4) is 0 Å². The van der Waals surface area contributed by atoms with Crippen LogP contribution < -0.4 is 5.32 Å². The van der Waals surface area contributed by atoms with Gasteiger partial charge in [0.25, 0.3) is 0 Å². The minimum absolute atomic E-state index is 0.326. The fourth-order valence-electron chi connectivity index (χ4n) is 2.41. The number of carbonyl (C=O) groups is 1. The van der Waals surface area contributed by atoms with Gasteiger partial charge in [-0.3, -0.25) is 0 Å². The fourth-order valence-corrected chi connectivity index (χ4v) is 2.57. The number of carbonyl (C=O) groups excluding carboxylic acids is 1. The monoisotopic (exact) mass is 314 g/mol. The number of amides is 1. The zero-order chi connectivity index (χ0) is 15.7. The summed E-state index contributed by atoms with van der Waals surface area (Å²) in [5, 5.41) is 11.3.